The summed E-state index contributed by atoms with van der Waals surface area (Å²) in [6.45, 7) is 2.02. The first kappa shape index (κ1) is 7.50. The summed E-state index contributed by atoms with van der Waals surface area (Å²) in [6, 6.07) is 0.810. The van der Waals surface area contributed by atoms with Gasteiger partial charge < -0.3 is 10.2 Å². The van der Waals surface area contributed by atoms with Gasteiger partial charge in [-0.3, -0.25) is 0 Å². The molecule has 0 radical (unpaired) electrons. The molecule has 2 atom stereocenters. The molecule has 0 saturated carbocycles. The minimum atomic E-state index is -0.556. The second-order valence-corrected chi connectivity index (χ2v) is 3.85. The van der Waals surface area contributed by atoms with Crippen LogP contribution in [0.4, 0.5) is 4.39 Å². The number of piperazine rings is 1. The van der Waals surface area contributed by atoms with Gasteiger partial charge in [0.25, 0.3) is 0 Å². The molecule has 11 heavy (non-hydrogen) atoms. The summed E-state index contributed by atoms with van der Waals surface area (Å²) in [7, 11) is 2.11. The van der Waals surface area contributed by atoms with Crippen molar-refractivity contribution in [2.75, 3.05) is 20.1 Å². The Labute approximate surface area is 66.8 Å². The summed E-state index contributed by atoms with van der Waals surface area (Å²) in [5.41, 5.74) is 0. The summed E-state index contributed by atoms with van der Waals surface area (Å²) in [6.07, 6.45) is 0.863. The second-order valence-electron chi connectivity index (χ2n) is 3.85. The molecule has 0 aliphatic carbocycles. The maximum Gasteiger partial charge on any atom is 0.103 e. The van der Waals surface area contributed by atoms with Crippen LogP contribution in [-0.2, 0) is 0 Å². The van der Waals surface area contributed by atoms with E-state index >= 15 is 0 Å². The number of nitrogens with one attached hydrogen (secondary N) is 1. The summed E-state index contributed by atoms with van der Waals surface area (Å²) in [4.78, 5) is 2.29. The van der Waals surface area contributed by atoms with Gasteiger partial charge >= 0.3 is 0 Å². The topological polar surface area (TPSA) is 15.3 Å². The Morgan fingerprint density at radius 1 is 1.27 bits per heavy atom. The predicted molar refractivity (Wildman–Crippen MR) is 42.3 cm³/mol. The van der Waals surface area contributed by atoms with Crippen molar-refractivity contribution in [3.8, 4) is 0 Å². The van der Waals surface area contributed by atoms with Crippen molar-refractivity contribution in [1.29, 1.82) is 0 Å². The number of fused-ring (bicyclic) bond motifs is 2. The number of piperidine rings is 1. The number of likely N-dealkylation sites (tertiary alicyclic amines) is 1. The van der Waals surface area contributed by atoms with Crippen LogP contribution >= 0.6 is 0 Å². The molecule has 2 unspecified atom stereocenters. The van der Waals surface area contributed by atoms with Crippen molar-refractivity contribution in [3.63, 3.8) is 0 Å². The van der Waals surface area contributed by atoms with Crippen LogP contribution in [0.15, 0.2) is 0 Å². The van der Waals surface area contributed by atoms with Gasteiger partial charge in [-0.25, -0.2) is 4.39 Å². The Bertz CT molecular complexity index is 118. The highest BCUT2D eigenvalue weighted by molar-refractivity contribution is 4.92. The number of hydrogen-bond donors (Lipinski definition) is 1. The molecule has 2 heterocycles. The van der Waals surface area contributed by atoms with Gasteiger partial charge in [-0.1, -0.05) is 0 Å². The van der Waals surface area contributed by atoms with Gasteiger partial charge in [0.15, 0.2) is 0 Å². The van der Waals surface area contributed by atoms with Crippen LogP contribution in [0.3, 0.4) is 0 Å². The highest BCUT2D eigenvalue weighted by atomic mass is 19.1. The Morgan fingerprint density at radius 2 is 1.82 bits per heavy atom. The van der Waals surface area contributed by atoms with Crippen molar-refractivity contribution in [1.82, 2.24) is 10.2 Å². The van der Waals surface area contributed by atoms with E-state index in [0.717, 1.165) is 13.1 Å². The largest absolute Gasteiger partial charge is 0.308 e. The van der Waals surface area contributed by atoms with Crippen molar-refractivity contribution >= 4 is 0 Å². The molecule has 2 rings (SSSR count). The molecule has 0 aromatic heterocycles. The van der Waals surface area contributed by atoms with Crippen molar-refractivity contribution in [3.05, 3.63) is 0 Å². The van der Waals surface area contributed by atoms with Crippen LogP contribution < -0.4 is 5.32 Å². The second kappa shape index (κ2) is 2.72. The molecule has 0 amide bonds. The minimum Gasteiger partial charge on any atom is -0.308 e. The summed E-state index contributed by atoms with van der Waals surface area (Å²) in [5, 5.41) is 3.43. The third kappa shape index (κ3) is 1.54. The molecule has 0 spiro atoms. The molecule has 0 aromatic carbocycles. The van der Waals surface area contributed by atoms with Gasteiger partial charge in [-0.15, -0.1) is 0 Å². The molecule has 64 valence electrons. The smallest absolute Gasteiger partial charge is 0.103 e. The average molecular weight is 158 g/mol. The molecule has 0 aromatic rings. The Morgan fingerprint density at radius 3 is 2.36 bits per heavy atom. The number of likely N-dealkylation sites (N-methyl/N-ethyl adjacent to an activating group) is 1. The molecular formula is C8H15FN2. The van der Waals surface area contributed by atoms with Crippen LogP contribution in [-0.4, -0.2) is 43.3 Å². The first-order valence-corrected chi connectivity index (χ1v) is 4.32. The van der Waals surface area contributed by atoms with E-state index < -0.39 is 6.17 Å². The third-order valence-corrected chi connectivity index (χ3v) is 2.62. The minimum absolute atomic E-state index is 0.405. The number of hydrogen-bond acceptors (Lipinski definition) is 2. The van der Waals surface area contributed by atoms with Gasteiger partial charge in [-0.05, 0) is 19.9 Å². The molecule has 2 aliphatic heterocycles. The summed E-state index contributed by atoms with van der Waals surface area (Å²) in [5.74, 6) is 0. The van der Waals surface area contributed by atoms with Crippen molar-refractivity contribution < 1.29 is 4.39 Å². The quantitative estimate of drug-likeness (QED) is 0.548. The fraction of sp³-hybridized carbons (Fsp3) is 1.00. The Hall–Kier alpha value is -0.150. The van der Waals surface area contributed by atoms with E-state index in [1.54, 1.807) is 0 Å². The SMILES string of the molecule is CN1CC2CC(F)CC(C1)N2. The fourth-order valence-corrected chi connectivity index (χ4v) is 2.26. The Kier molecular flexibility index (Phi) is 1.85. The molecule has 2 aliphatic rings. The zero-order chi connectivity index (χ0) is 7.84. The van der Waals surface area contributed by atoms with Crippen LogP contribution in [0.25, 0.3) is 0 Å². The average Bonchev–Trinajstić information content (AvgIpc) is 1.82. The maximum absolute atomic E-state index is 13.0. The van der Waals surface area contributed by atoms with Gasteiger partial charge in [0.1, 0.15) is 6.17 Å². The molecule has 2 fully saturated rings. The van der Waals surface area contributed by atoms with Gasteiger partial charge in [0.05, 0.1) is 0 Å². The third-order valence-electron chi connectivity index (χ3n) is 2.62. The zero-order valence-electron chi connectivity index (χ0n) is 6.89. The van der Waals surface area contributed by atoms with Crippen LogP contribution in [0.5, 0.6) is 0 Å². The molecule has 2 bridgehead atoms. The molecule has 1 N–H and O–H groups in total. The van der Waals surface area contributed by atoms with E-state index in [4.69, 9.17) is 0 Å². The lowest BCUT2D eigenvalue weighted by molar-refractivity contribution is 0.0966. The summed E-state index contributed by atoms with van der Waals surface area (Å²) >= 11 is 0. The number of rotatable bonds is 0. The fourth-order valence-electron chi connectivity index (χ4n) is 2.26. The number of nitrogens with zero attached hydrogens (tertiary/aromatic N) is 1. The van der Waals surface area contributed by atoms with E-state index in [9.17, 15) is 4.39 Å². The molecule has 2 saturated heterocycles. The maximum atomic E-state index is 13.0. The highest BCUT2D eigenvalue weighted by Gasteiger charge is 2.32. The lowest BCUT2D eigenvalue weighted by atomic mass is 9.93. The van der Waals surface area contributed by atoms with Crippen LogP contribution in [0.2, 0.25) is 0 Å². The van der Waals surface area contributed by atoms with Gasteiger partial charge in [-0.2, -0.15) is 0 Å². The van der Waals surface area contributed by atoms with Crippen LogP contribution in [0, 0.1) is 0 Å². The van der Waals surface area contributed by atoms with Crippen molar-refractivity contribution in [2.24, 2.45) is 0 Å². The van der Waals surface area contributed by atoms with E-state index in [2.05, 4.69) is 17.3 Å². The normalized spacial score (nSPS) is 45.8. The predicted octanol–water partition coefficient (Wildman–Crippen LogP) is 0.390. The van der Waals surface area contributed by atoms with E-state index in [1.165, 1.54) is 0 Å². The van der Waals surface area contributed by atoms with Gasteiger partial charge in [0, 0.05) is 25.2 Å². The first-order valence-electron chi connectivity index (χ1n) is 4.32. The molecular weight excluding hydrogens is 143 g/mol. The summed E-state index contributed by atoms with van der Waals surface area (Å²) < 4.78 is 13.0. The molecule has 3 heteroatoms. The van der Waals surface area contributed by atoms with Gasteiger partial charge in [0.2, 0.25) is 0 Å². The number of halogens is 1. The zero-order valence-corrected chi connectivity index (χ0v) is 6.89. The van der Waals surface area contributed by atoms with Crippen molar-refractivity contribution in [2.45, 2.75) is 31.1 Å². The molecule has 2 nitrogen and oxygen atoms in total. The van der Waals surface area contributed by atoms with E-state index in [1.807, 2.05) is 0 Å². The monoisotopic (exact) mass is 158 g/mol. The standard InChI is InChI=1S/C8H15FN2/c1-11-4-7-2-6(9)3-8(5-11)10-7/h6-8,10H,2-5H2,1H3. The van der Waals surface area contributed by atoms with E-state index in [-0.39, 0.29) is 0 Å². The number of alkyl halides is 1. The van der Waals surface area contributed by atoms with Crippen LogP contribution in [0.1, 0.15) is 12.8 Å². The highest BCUT2D eigenvalue weighted by Crippen LogP contribution is 2.21. The Balaban J connectivity index is 2.00. The lowest BCUT2D eigenvalue weighted by Crippen LogP contribution is -2.59. The van der Waals surface area contributed by atoms with E-state index in [0.29, 0.717) is 24.9 Å². The first-order chi connectivity index (χ1) is 5.24. The lowest BCUT2D eigenvalue weighted by Gasteiger charge is -2.42.